The Morgan fingerprint density at radius 1 is 0.933 bits per heavy atom. The van der Waals surface area contributed by atoms with Crippen LogP contribution in [0.25, 0.3) is 0 Å². The molecular formula is C22H20N2O6. The van der Waals surface area contributed by atoms with Crippen LogP contribution in [0.2, 0.25) is 0 Å². The number of ether oxygens (including phenoxy) is 2. The number of hydrogen-bond donors (Lipinski definition) is 1. The van der Waals surface area contributed by atoms with Crippen molar-refractivity contribution in [3.63, 3.8) is 0 Å². The van der Waals surface area contributed by atoms with Gasteiger partial charge in [0.15, 0.2) is 0 Å². The summed E-state index contributed by atoms with van der Waals surface area (Å²) >= 11 is 0. The standard InChI is InChI=1S/C22H20N2O6/c25-18-10-9-16(20(26)23-18)24-21(27)15-7-4-8-17(19(15)22(24)28)30-12-11-29-13-14-5-2-1-3-6-14/h1-8,16H,9-13H2,(H,23,25,26). The van der Waals surface area contributed by atoms with E-state index in [0.29, 0.717) is 13.2 Å². The first-order valence-electron chi connectivity index (χ1n) is 9.65. The van der Waals surface area contributed by atoms with Crippen molar-refractivity contribution in [2.24, 2.45) is 0 Å². The zero-order chi connectivity index (χ0) is 21.1. The molecule has 0 aromatic heterocycles. The van der Waals surface area contributed by atoms with E-state index >= 15 is 0 Å². The first-order valence-corrected chi connectivity index (χ1v) is 9.65. The molecule has 2 aromatic rings. The molecule has 1 unspecified atom stereocenters. The van der Waals surface area contributed by atoms with Crippen molar-refractivity contribution in [3.05, 3.63) is 65.2 Å². The summed E-state index contributed by atoms with van der Waals surface area (Å²) < 4.78 is 11.3. The molecule has 0 spiro atoms. The number of fused-ring (bicyclic) bond motifs is 1. The zero-order valence-electron chi connectivity index (χ0n) is 16.1. The monoisotopic (exact) mass is 408 g/mol. The lowest BCUT2D eigenvalue weighted by Gasteiger charge is -2.27. The second kappa shape index (κ2) is 8.46. The van der Waals surface area contributed by atoms with Crippen LogP contribution in [-0.4, -0.2) is 47.8 Å². The lowest BCUT2D eigenvalue weighted by atomic mass is 10.0. The zero-order valence-corrected chi connectivity index (χ0v) is 16.1. The molecule has 1 atom stereocenters. The molecule has 8 nitrogen and oxygen atoms in total. The molecule has 0 saturated carbocycles. The number of benzene rings is 2. The second-order valence-corrected chi connectivity index (χ2v) is 7.01. The van der Waals surface area contributed by atoms with Crippen molar-refractivity contribution in [1.82, 2.24) is 10.2 Å². The highest BCUT2D eigenvalue weighted by atomic mass is 16.5. The van der Waals surface area contributed by atoms with Gasteiger partial charge in [-0.05, 0) is 24.1 Å². The van der Waals surface area contributed by atoms with E-state index in [1.54, 1.807) is 12.1 Å². The minimum Gasteiger partial charge on any atom is -0.490 e. The summed E-state index contributed by atoms with van der Waals surface area (Å²) in [6.45, 7) is 0.943. The van der Waals surface area contributed by atoms with Crippen LogP contribution in [-0.2, 0) is 20.9 Å². The SMILES string of the molecule is O=C1CCC(N2C(=O)c3cccc(OCCOCc4ccccc4)c3C2=O)C(=O)N1. The van der Waals surface area contributed by atoms with E-state index in [1.165, 1.54) is 6.07 Å². The van der Waals surface area contributed by atoms with E-state index in [2.05, 4.69) is 5.32 Å². The Kier molecular flexibility index (Phi) is 5.58. The molecule has 8 heteroatoms. The number of hydrogen-bond acceptors (Lipinski definition) is 6. The van der Waals surface area contributed by atoms with Crippen molar-refractivity contribution < 1.29 is 28.7 Å². The van der Waals surface area contributed by atoms with Gasteiger partial charge in [0.25, 0.3) is 11.8 Å². The number of amides is 4. The van der Waals surface area contributed by atoms with Crippen LogP contribution in [0.4, 0.5) is 0 Å². The highest BCUT2D eigenvalue weighted by molar-refractivity contribution is 6.24. The van der Waals surface area contributed by atoms with Crippen LogP contribution in [0.15, 0.2) is 48.5 Å². The molecule has 4 rings (SSSR count). The van der Waals surface area contributed by atoms with E-state index in [1.807, 2.05) is 30.3 Å². The lowest BCUT2D eigenvalue weighted by Crippen LogP contribution is -2.54. The average molecular weight is 408 g/mol. The molecule has 1 saturated heterocycles. The molecule has 1 N–H and O–H groups in total. The van der Waals surface area contributed by atoms with Crippen molar-refractivity contribution in [1.29, 1.82) is 0 Å². The van der Waals surface area contributed by atoms with E-state index in [4.69, 9.17) is 9.47 Å². The third-order valence-electron chi connectivity index (χ3n) is 5.03. The molecule has 2 heterocycles. The second-order valence-electron chi connectivity index (χ2n) is 7.01. The van der Waals surface area contributed by atoms with Gasteiger partial charge in [-0.3, -0.25) is 29.4 Å². The Balaban J connectivity index is 1.41. The predicted molar refractivity (Wildman–Crippen MR) is 105 cm³/mol. The van der Waals surface area contributed by atoms with Gasteiger partial charge in [0, 0.05) is 6.42 Å². The number of nitrogens with one attached hydrogen (secondary N) is 1. The number of nitrogens with zero attached hydrogens (tertiary/aromatic N) is 1. The van der Waals surface area contributed by atoms with E-state index in [0.717, 1.165) is 10.5 Å². The summed E-state index contributed by atoms with van der Waals surface area (Å²) in [4.78, 5) is 50.2. The Labute approximate surface area is 172 Å². The van der Waals surface area contributed by atoms with Crippen LogP contribution < -0.4 is 10.1 Å². The number of imide groups is 2. The molecule has 30 heavy (non-hydrogen) atoms. The number of piperidine rings is 1. The highest BCUT2D eigenvalue weighted by Gasteiger charge is 2.45. The summed E-state index contributed by atoms with van der Waals surface area (Å²) in [5, 5.41) is 2.18. The molecule has 154 valence electrons. The van der Waals surface area contributed by atoms with Gasteiger partial charge < -0.3 is 9.47 Å². The van der Waals surface area contributed by atoms with Gasteiger partial charge in [0.1, 0.15) is 18.4 Å². The van der Waals surface area contributed by atoms with Crippen molar-refractivity contribution in [3.8, 4) is 5.75 Å². The summed E-state index contributed by atoms with van der Waals surface area (Å²) in [6, 6.07) is 13.5. The normalized spacial score (nSPS) is 18.4. The third-order valence-corrected chi connectivity index (χ3v) is 5.03. The van der Waals surface area contributed by atoms with Crippen LogP contribution in [0.3, 0.4) is 0 Å². The summed E-state index contributed by atoms with van der Waals surface area (Å²) in [6.07, 6.45) is 0.186. The first-order chi connectivity index (χ1) is 14.6. The largest absolute Gasteiger partial charge is 0.490 e. The van der Waals surface area contributed by atoms with Gasteiger partial charge in [-0.2, -0.15) is 0 Å². The molecule has 0 bridgehead atoms. The maximum absolute atomic E-state index is 13.0. The van der Waals surface area contributed by atoms with Gasteiger partial charge >= 0.3 is 0 Å². The molecular weight excluding hydrogens is 388 g/mol. The molecule has 0 radical (unpaired) electrons. The van der Waals surface area contributed by atoms with Crippen molar-refractivity contribution in [2.75, 3.05) is 13.2 Å². The summed E-state index contributed by atoms with van der Waals surface area (Å²) in [5.41, 5.74) is 1.36. The van der Waals surface area contributed by atoms with Crippen molar-refractivity contribution in [2.45, 2.75) is 25.5 Å². The molecule has 1 fully saturated rings. The molecule has 2 aliphatic heterocycles. The van der Waals surface area contributed by atoms with Crippen molar-refractivity contribution >= 4 is 23.6 Å². The maximum Gasteiger partial charge on any atom is 0.266 e. The van der Waals surface area contributed by atoms with Gasteiger partial charge in [-0.1, -0.05) is 36.4 Å². The smallest absolute Gasteiger partial charge is 0.266 e. The Hall–Kier alpha value is -3.52. The first kappa shape index (κ1) is 19.8. The molecule has 4 amide bonds. The molecule has 0 aliphatic carbocycles. The number of carbonyl (C=O) groups is 4. The quantitative estimate of drug-likeness (QED) is 0.553. The topological polar surface area (TPSA) is 102 Å². The fraction of sp³-hybridized carbons (Fsp3) is 0.273. The van der Waals surface area contributed by atoms with Crippen LogP contribution in [0.5, 0.6) is 5.75 Å². The van der Waals surface area contributed by atoms with E-state index < -0.39 is 29.7 Å². The summed E-state index contributed by atoms with van der Waals surface area (Å²) in [7, 11) is 0. The molecule has 2 aliphatic rings. The fourth-order valence-corrected chi connectivity index (χ4v) is 3.58. The maximum atomic E-state index is 13.0. The minimum atomic E-state index is -1.00. The lowest BCUT2D eigenvalue weighted by molar-refractivity contribution is -0.136. The Bertz CT molecular complexity index is 1000. The van der Waals surface area contributed by atoms with Gasteiger partial charge in [0.2, 0.25) is 11.8 Å². The van der Waals surface area contributed by atoms with E-state index in [9.17, 15) is 19.2 Å². The Morgan fingerprint density at radius 2 is 1.73 bits per heavy atom. The highest BCUT2D eigenvalue weighted by Crippen LogP contribution is 2.33. The van der Waals surface area contributed by atoms with Gasteiger partial charge in [-0.15, -0.1) is 0 Å². The average Bonchev–Trinajstić information content (AvgIpc) is 3.00. The molecule has 2 aromatic carbocycles. The minimum absolute atomic E-state index is 0.0753. The Morgan fingerprint density at radius 3 is 2.50 bits per heavy atom. The van der Waals surface area contributed by atoms with Gasteiger partial charge in [-0.25, -0.2) is 0 Å². The fourth-order valence-electron chi connectivity index (χ4n) is 3.58. The van der Waals surface area contributed by atoms with E-state index in [-0.39, 0.29) is 36.3 Å². The number of carbonyl (C=O) groups excluding carboxylic acids is 4. The van der Waals surface area contributed by atoms with Crippen LogP contribution in [0, 0.1) is 0 Å². The third kappa shape index (κ3) is 3.81. The van der Waals surface area contributed by atoms with Crippen LogP contribution >= 0.6 is 0 Å². The predicted octanol–water partition coefficient (Wildman–Crippen LogP) is 1.68. The van der Waals surface area contributed by atoms with Crippen LogP contribution in [0.1, 0.15) is 39.1 Å². The van der Waals surface area contributed by atoms with Gasteiger partial charge in [0.05, 0.1) is 24.3 Å². The summed E-state index contributed by atoms with van der Waals surface area (Å²) in [5.74, 6) is -1.94. The number of rotatable bonds is 7.